The molecule has 5 heteroatoms. The van der Waals surface area contributed by atoms with Crippen LogP contribution in [0.2, 0.25) is 0 Å². The van der Waals surface area contributed by atoms with E-state index in [9.17, 15) is 9.59 Å². The Morgan fingerprint density at radius 2 is 1.74 bits per heavy atom. The van der Waals surface area contributed by atoms with Crippen molar-refractivity contribution >= 4 is 11.9 Å². The van der Waals surface area contributed by atoms with Gasteiger partial charge < -0.3 is 14.8 Å². The SMILES string of the molecule is Cc1ccccc1CNC(=O)COC(=O)COc1ccc(C(C)C)c(C)c1. The first-order valence-electron chi connectivity index (χ1n) is 9.07. The minimum absolute atomic E-state index is 0.231. The van der Waals surface area contributed by atoms with Crippen molar-refractivity contribution in [2.75, 3.05) is 13.2 Å². The fourth-order valence-corrected chi connectivity index (χ4v) is 2.77. The number of nitrogens with one attached hydrogen (secondary N) is 1. The molecule has 1 amide bonds. The predicted octanol–water partition coefficient (Wildman–Crippen LogP) is 3.67. The van der Waals surface area contributed by atoms with E-state index in [2.05, 4.69) is 19.2 Å². The van der Waals surface area contributed by atoms with Gasteiger partial charge in [-0.05, 0) is 54.2 Å². The second-order valence-electron chi connectivity index (χ2n) is 6.83. The molecular weight excluding hydrogens is 342 g/mol. The Bertz CT molecular complexity index is 799. The number of ether oxygens (including phenoxy) is 2. The van der Waals surface area contributed by atoms with Gasteiger partial charge in [-0.15, -0.1) is 0 Å². The highest BCUT2D eigenvalue weighted by Gasteiger charge is 2.10. The number of amides is 1. The van der Waals surface area contributed by atoms with Gasteiger partial charge in [-0.3, -0.25) is 4.79 Å². The minimum Gasteiger partial charge on any atom is -0.482 e. The molecule has 1 N–H and O–H groups in total. The summed E-state index contributed by atoms with van der Waals surface area (Å²) in [6.45, 7) is 8.11. The molecule has 0 aliphatic carbocycles. The van der Waals surface area contributed by atoms with E-state index in [0.29, 0.717) is 18.2 Å². The molecule has 0 unspecified atom stereocenters. The van der Waals surface area contributed by atoms with Crippen molar-refractivity contribution in [2.24, 2.45) is 0 Å². The molecule has 2 aromatic rings. The highest BCUT2D eigenvalue weighted by atomic mass is 16.6. The highest BCUT2D eigenvalue weighted by molar-refractivity contribution is 5.80. The average Bonchev–Trinajstić information content (AvgIpc) is 2.63. The lowest BCUT2D eigenvalue weighted by Crippen LogP contribution is -2.29. The van der Waals surface area contributed by atoms with Crippen LogP contribution in [0, 0.1) is 13.8 Å². The largest absolute Gasteiger partial charge is 0.482 e. The van der Waals surface area contributed by atoms with E-state index in [0.717, 1.165) is 16.7 Å². The summed E-state index contributed by atoms with van der Waals surface area (Å²) in [6, 6.07) is 13.5. The molecule has 2 aromatic carbocycles. The van der Waals surface area contributed by atoms with Crippen LogP contribution in [0.5, 0.6) is 5.75 Å². The molecule has 0 fully saturated rings. The van der Waals surface area contributed by atoms with Crippen molar-refractivity contribution in [1.82, 2.24) is 5.32 Å². The van der Waals surface area contributed by atoms with E-state index in [4.69, 9.17) is 9.47 Å². The van der Waals surface area contributed by atoms with E-state index in [1.54, 1.807) is 0 Å². The molecule has 0 bridgehead atoms. The molecule has 27 heavy (non-hydrogen) atoms. The Morgan fingerprint density at radius 3 is 2.41 bits per heavy atom. The second kappa shape index (κ2) is 9.76. The predicted molar refractivity (Wildman–Crippen MR) is 105 cm³/mol. The molecule has 5 nitrogen and oxygen atoms in total. The van der Waals surface area contributed by atoms with Gasteiger partial charge in [-0.25, -0.2) is 4.79 Å². The maximum absolute atomic E-state index is 11.8. The van der Waals surface area contributed by atoms with Gasteiger partial charge in [0.1, 0.15) is 5.75 Å². The van der Waals surface area contributed by atoms with E-state index < -0.39 is 5.97 Å². The summed E-state index contributed by atoms with van der Waals surface area (Å²) in [4.78, 5) is 23.6. The van der Waals surface area contributed by atoms with Gasteiger partial charge in [0.2, 0.25) is 0 Å². The monoisotopic (exact) mass is 369 g/mol. The Balaban J connectivity index is 1.72. The molecule has 0 aliphatic heterocycles. The second-order valence-corrected chi connectivity index (χ2v) is 6.83. The van der Waals surface area contributed by atoms with Crippen LogP contribution in [0.1, 0.15) is 42.0 Å². The number of hydrogen-bond acceptors (Lipinski definition) is 4. The first kappa shape index (κ1) is 20.5. The third kappa shape index (κ3) is 6.44. The Kier molecular flexibility index (Phi) is 7.41. The maximum atomic E-state index is 11.8. The van der Waals surface area contributed by atoms with Crippen molar-refractivity contribution in [1.29, 1.82) is 0 Å². The van der Waals surface area contributed by atoms with Gasteiger partial charge >= 0.3 is 5.97 Å². The molecule has 0 saturated carbocycles. The smallest absolute Gasteiger partial charge is 0.344 e. The Morgan fingerprint density at radius 1 is 1.00 bits per heavy atom. The van der Waals surface area contributed by atoms with Crippen molar-refractivity contribution in [3.8, 4) is 5.75 Å². The number of rotatable bonds is 8. The number of benzene rings is 2. The van der Waals surface area contributed by atoms with Crippen LogP contribution in [-0.4, -0.2) is 25.1 Å². The van der Waals surface area contributed by atoms with E-state index in [1.165, 1.54) is 5.56 Å². The van der Waals surface area contributed by atoms with Gasteiger partial charge in [0, 0.05) is 6.54 Å². The molecular formula is C22H27NO4. The molecule has 0 aliphatic rings. The van der Waals surface area contributed by atoms with Crippen LogP contribution < -0.4 is 10.1 Å². The molecule has 0 aromatic heterocycles. The van der Waals surface area contributed by atoms with Gasteiger partial charge in [-0.1, -0.05) is 44.2 Å². The lowest BCUT2D eigenvalue weighted by atomic mass is 9.98. The minimum atomic E-state index is -0.577. The molecule has 0 saturated heterocycles. The summed E-state index contributed by atoms with van der Waals surface area (Å²) in [5, 5.41) is 2.74. The van der Waals surface area contributed by atoms with Crippen LogP contribution >= 0.6 is 0 Å². The first-order chi connectivity index (χ1) is 12.9. The zero-order valence-electron chi connectivity index (χ0n) is 16.4. The fourth-order valence-electron chi connectivity index (χ4n) is 2.77. The zero-order chi connectivity index (χ0) is 19.8. The number of carbonyl (C=O) groups is 2. The van der Waals surface area contributed by atoms with Crippen LogP contribution in [-0.2, 0) is 20.9 Å². The third-order valence-corrected chi connectivity index (χ3v) is 4.32. The molecule has 0 atom stereocenters. The summed E-state index contributed by atoms with van der Waals surface area (Å²) in [5.74, 6) is 0.121. The van der Waals surface area contributed by atoms with Crippen LogP contribution in [0.15, 0.2) is 42.5 Å². The van der Waals surface area contributed by atoms with Gasteiger partial charge in [-0.2, -0.15) is 0 Å². The lowest BCUT2D eigenvalue weighted by Gasteiger charge is -2.12. The van der Waals surface area contributed by atoms with E-state index in [-0.39, 0.29) is 19.1 Å². The lowest BCUT2D eigenvalue weighted by molar-refractivity contribution is -0.150. The van der Waals surface area contributed by atoms with Crippen molar-refractivity contribution in [3.05, 3.63) is 64.7 Å². The summed E-state index contributed by atoms with van der Waals surface area (Å²) < 4.78 is 10.4. The van der Waals surface area contributed by atoms with Crippen molar-refractivity contribution in [3.63, 3.8) is 0 Å². The quantitative estimate of drug-likeness (QED) is 0.721. The van der Waals surface area contributed by atoms with Crippen LogP contribution in [0.25, 0.3) is 0 Å². The number of esters is 1. The molecule has 144 valence electrons. The topological polar surface area (TPSA) is 64.6 Å². The van der Waals surface area contributed by atoms with Crippen LogP contribution in [0.4, 0.5) is 0 Å². The van der Waals surface area contributed by atoms with E-state index >= 15 is 0 Å². The number of carbonyl (C=O) groups excluding carboxylic acids is 2. The maximum Gasteiger partial charge on any atom is 0.344 e. The molecule has 0 spiro atoms. The van der Waals surface area contributed by atoms with Gasteiger partial charge in [0.25, 0.3) is 5.91 Å². The zero-order valence-corrected chi connectivity index (χ0v) is 16.4. The summed E-state index contributed by atoms with van der Waals surface area (Å²) in [6.07, 6.45) is 0. The van der Waals surface area contributed by atoms with Gasteiger partial charge in [0.05, 0.1) is 0 Å². The number of aryl methyl sites for hydroxylation is 2. The fraction of sp³-hybridized carbons (Fsp3) is 0.364. The summed E-state index contributed by atoms with van der Waals surface area (Å²) in [5.41, 5.74) is 4.49. The van der Waals surface area contributed by atoms with Gasteiger partial charge in [0.15, 0.2) is 13.2 Å². The Labute approximate surface area is 160 Å². The van der Waals surface area contributed by atoms with Crippen molar-refractivity contribution in [2.45, 2.75) is 40.2 Å². The summed E-state index contributed by atoms with van der Waals surface area (Å²) in [7, 11) is 0. The molecule has 0 radical (unpaired) electrons. The highest BCUT2D eigenvalue weighted by Crippen LogP contribution is 2.23. The molecule has 0 heterocycles. The standard InChI is InChI=1S/C22H27NO4/c1-15(2)20-10-9-19(11-17(20)4)26-14-22(25)27-13-21(24)23-12-18-8-6-5-7-16(18)3/h5-11,15H,12-14H2,1-4H3,(H,23,24). The normalized spacial score (nSPS) is 10.6. The Hall–Kier alpha value is -2.82. The van der Waals surface area contributed by atoms with E-state index in [1.807, 2.05) is 56.3 Å². The third-order valence-electron chi connectivity index (χ3n) is 4.32. The first-order valence-corrected chi connectivity index (χ1v) is 9.07. The average molecular weight is 369 g/mol. The van der Waals surface area contributed by atoms with Crippen LogP contribution in [0.3, 0.4) is 0 Å². The summed E-state index contributed by atoms with van der Waals surface area (Å²) >= 11 is 0. The van der Waals surface area contributed by atoms with Crippen molar-refractivity contribution < 1.29 is 19.1 Å². The molecule has 2 rings (SSSR count). The number of hydrogen-bond donors (Lipinski definition) is 1.